The third-order valence-corrected chi connectivity index (χ3v) is 6.37. The molecular formula is C13H18N5O5PS. The lowest BCUT2D eigenvalue weighted by Crippen LogP contribution is -2.40. The number of rotatable bonds is 5. The summed E-state index contributed by atoms with van der Waals surface area (Å²) < 4.78 is 24.5. The summed E-state index contributed by atoms with van der Waals surface area (Å²) in [4.78, 5) is 22.5. The van der Waals surface area contributed by atoms with Crippen molar-refractivity contribution in [3.8, 4) is 0 Å². The molecule has 2 saturated heterocycles. The third-order valence-electron chi connectivity index (χ3n) is 4.71. The second-order valence-corrected chi connectivity index (χ2v) is 8.86. The molecular weight excluding hydrogens is 369 g/mol. The van der Waals surface area contributed by atoms with Crippen molar-refractivity contribution in [3.63, 3.8) is 0 Å². The van der Waals surface area contributed by atoms with E-state index in [-0.39, 0.29) is 5.82 Å². The van der Waals surface area contributed by atoms with Gasteiger partial charge in [-0.25, -0.2) is 15.0 Å². The molecule has 4 rings (SSSR count). The Kier molecular flexibility index (Phi) is 4.08. The van der Waals surface area contributed by atoms with Crippen LogP contribution < -0.4 is 5.73 Å². The highest BCUT2D eigenvalue weighted by Gasteiger charge is 2.63. The van der Waals surface area contributed by atoms with Crippen molar-refractivity contribution in [2.75, 3.05) is 19.5 Å². The first-order chi connectivity index (χ1) is 11.9. The topological polar surface area (TPSA) is 127 Å². The van der Waals surface area contributed by atoms with Crippen LogP contribution in [0.25, 0.3) is 11.2 Å². The van der Waals surface area contributed by atoms with Gasteiger partial charge in [-0.2, -0.15) is 0 Å². The largest absolute Gasteiger partial charge is 0.382 e. The Labute approximate surface area is 148 Å². The van der Waals surface area contributed by atoms with Gasteiger partial charge < -0.3 is 24.6 Å². The molecule has 0 aromatic carbocycles. The first kappa shape index (κ1) is 17.2. The van der Waals surface area contributed by atoms with Gasteiger partial charge >= 0.3 is 6.72 Å². The average Bonchev–Trinajstić information content (AvgIpc) is 3.26. The normalized spacial score (nSPS) is 33.8. The van der Waals surface area contributed by atoms with Gasteiger partial charge in [-0.1, -0.05) is 6.92 Å². The minimum atomic E-state index is -3.37. The van der Waals surface area contributed by atoms with Crippen molar-refractivity contribution in [3.05, 3.63) is 12.7 Å². The van der Waals surface area contributed by atoms with E-state index in [9.17, 15) is 4.89 Å². The van der Waals surface area contributed by atoms with E-state index in [4.69, 9.17) is 36.1 Å². The van der Waals surface area contributed by atoms with Crippen LogP contribution in [0.1, 0.15) is 19.6 Å². The summed E-state index contributed by atoms with van der Waals surface area (Å²) in [5.74, 6) is 0.288. The molecule has 2 unspecified atom stereocenters. The Balaban J connectivity index is 1.73. The zero-order chi connectivity index (χ0) is 17.8. The Morgan fingerprint density at radius 3 is 3.04 bits per heavy atom. The second kappa shape index (κ2) is 5.92. The van der Waals surface area contributed by atoms with Gasteiger partial charge in [0.1, 0.15) is 29.7 Å². The molecule has 5 atom stereocenters. The molecule has 4 heterocycles. The number of nitrogen functional groups attached to an aromatic ring is 1. The van der Waals surface area contributed by atoms with Crippen molar-refractivity contribution in [2.24, 2.45) is 0 Å². The zero-order valence-corrected chi connectivity index (χ0v) is 15.3. The standard InChI is InChI=1S/C13H18N5O5PS/c1-3-13-4-21-8(9(13)23-24(19,25)20-2)12(22-13)18-6-17-7-10(14)15-5-16-11(7)18/h5-6,8-9,12H,3-4H2,1-2H3,(H,19,25)(H2,14,15,16)/t8?,9-,12-,13+,24?/m1/s1. The van der Waals surface area contributed by atoms with E-state index >= 15 is 0 Å². The van der Waals surface area contributed by atoms with Crippen LogP contribution in [0.15, 0.2) is 12.7 Å². The van der Waals surface area contributed by atoms with Gasteiger partial charge in [-0.15, -0.1) is 0 Å². The molecule has 136 valence electrons. The number of aromatic nitrogens is 4. The molecule has 2 bridgehead atoms. The van der Waals surface area contributed by atoms with Gasteiger partial charge in [-0.05, 0) is 18.2 Å². The van der Waals surface area contributed by atoms with Gasteiger partial charge in [0.25, 0.3) is 0 Å². The van der Waals surface area contributed by atoms with E-state index in [2.05, 4.69) is 15.0 Å². The van der Waals surface area contributed by atoms with Crippen molar-refractivity contribution >= 4 is 35.5 Å². The fourth-order valence-electron chi connectivity index (χ4n) is 3.35. The van der Waals surface area contributed by atoms with Crippen molar-refractivity contribution in [1.29, 1.82) is 0 Å². The maximum Gasteiger partial charge on any atom is 0.324 e. The predicted octanol–water partition coefficient (Wildman–Crippen LogP) is 0.733. The summed E-state index contributed by atoms with van der Waals surface area (Å²) in [6.07, 6.45) is 1.98. The van der Waals surface area contributed by atoms with Crippen LogP contribution in [-0.2, 0) is 30.3 Å². The number of hydrogen-bond acceptors (Lipinski definition) is 9. The molecule has 2 fully saturated rings. The molecule has 25 heavy (non-hydrogen) atoms. The monoisotopic (exact) mass is 387 g/mol. The summed E-state index contributed by atoms with van der Waals surface area (Å²) in [6, 6.07) is 0. The molecule has 0 spiro atoms. The summed E-state index contributed by atoms with van der Waals surface area (Å²) in [6.45, 7) is -1.06. The molecule has 10 nitrogen and oxygen atoms in total. The maximum atomic E-state index is 10.1. The molecule has 0 saturated carbocycles. The van der Waals surface area contributed by atoms with E-state index in [1.807, 2.05) is 6.92 Å². The Morgan fingerprint density at radius 1 is 1.52 bits per heavy atom. The lowest BCUT2D eigenvalue weighted by atomic mass is 9.96. The van der Waals surface area contributed by atoms with Gasteiger partial charge in [0.05, 0.1) is 12.9 Å². The average molecular weight is 387 g/mol. The van der Waals surface area contributed by atoms with Crippen LogP contribution in [0, 0.1) is 0 Å². The van der Waals surface area contributed by atoms with Gasteiger partial charge in [0.2, 0.25) is 0 Å². The van der Waals surface area contributed by atoms with Crippen molar-refractivity contribution in [1.82, 2.24) is 19.5 Å². The quantitative estimate of drug-likeness (QED) is 0.709. The van der Waals surface area contributed by atoms with Gasteiger partial charge in [-0.3, -0.25) is 9.09 Å². The Morgan fingerprint density at radius 2 is 2.32 bits per heavy atom. The van der Waals surface area contributed by atoms with Crippen LogP contribution in [0.4, 0.5) is 5.82 Å². The predicted molar refractivity (Wildman–Crippen MR) is 91.0 cm³/mol. The Hall–Kier alpha value is -1.20. The highest BCUT2D eigenvalue weighted by Crippen LogP contribution is 2.55. The molecule has 2 aliphatic rings. The molecule has 2 aromatic rings. The highest BCUT2D eigenvalue weighted by molar-refractivity contribution is 8.07. The number of nitrogens with zero attached hydrogens (tertiary/aromatic N) is 4. The molecule has 2 aliphatic heterocycles. The number of anilines is 1. The van der Waals surface area contributed by atoms with Crippen LogP contribution in [0.5, 0.6) is 0 Å². The third kappa shape index (κ3) is 2.58. The first-order valence-electron chi connectivity index (χ1n) is 7.70. The van der Waals surface area contributed by atoms with Crippen LogP contribution in [-0.4, -0.2) is 55.9 Å². The van der Waals surface area contributed by atoms with Crippen molar-refractivity contribution in [2.45, 2.75) is 37.4 Å². The molecule has 0 amide bonds. The minimum absolute atomic E-state index is 0.288. The van der Waals surface area contributed by atoms with Crippen LogP contribution >= 0.6 is 6.72 Å². The first-order valence-corrected chi connectivity index (χ1v) is 10.3. The van der Waals surface area contributed by atoms with E-state index in [1.165, 1.54) is 13.4 Å². The number of ether oxygens (including phenoxy) is 2. The molecule has 3 N–H and O–H groups in total. The highest BCUT2D eigenvalue weighted by atomic mass is 32.5. The van der Waals surface area contributed by atoms with Crippen LogP contribution in [0.2, 0.25) is 0 Å². The summed E-state index contributed by atoms with van der Waals surface area (Å²) >= 11 is 5.00. The van der Waals surface area contributed by atoms with Crippen molar-refractivity contribution < 1.29 is 23.4 Å². The van der Waals surface area contributed by atoms with Gasteiger partial charge in [0.15, 0.2) is 17.7 Å². The fourth-order valence-corrected chi connectivity index (χ4v) is 4.31. The SMILES string of the molecule is CC[C@@]12COC([C@H](n3cnc4c(N)ncnc43)O1)[C@H]2OP(O)(=S)OC. The molecule has 2 aromatic heterocycles. The smallest absolute Gasteiger partial charge is 0.324 e. The summed E-state index contributed by atoms with van der Waals surface area (Å²) in [5.41, 5.74) is 6.14. The number of fused-ring (bicyclic) bond motifs is 3. The molecule has 0 aliphatic carbocycles. The fraction of sp³-hybridized carbons (Fsp3) is 0.615. The maximum absolute atomic E-state index is 10.1. The Bertz CT molecular complexity index is 864. The minimum Gasteiger partial charge on any atom is -0.382 e. The number of imidazole rings is 1. The van der Waals surface area contributed by atoms with E-state index in [0.717, 1.165) is 0 Å². The van der Waals surface area contributed by atoms with E-state index < -0.39 is 30.8 Å². The second-order valence-electron chi connectivity index (χ2n) is 5.96. The number of nitrogens with two attached hydrogens (primary N) is 1. The summed E-state index contributed by atoms with van der Waals surface area (Å²) in [5, 5.41) is 0. The van der Waals surface area contributed by atoms with E-state index in [1.54, 1.807) is 10.9 Å². The van der Waals surface area contributed by atoms with Crippen LogP contribution in [0.3, 0.4) is 0 Å². The number of hydrogen-bond donors (Lipinski definition) is 2. The molecule has 0 radical (unpaired) electrons. The lowest BCUT2D eigenvalue weighted by molar-refractivity contribution is -0.173. The summed E-state index contributed by atoms with van der Waals surface area (Å²) in [7, 11) is 1.32. The van der Waals surface area contributed by atoms with Gasteiger partial charge in [0, 0.05) is 7.11 Å². The molecule has 12 heteroatoms. The zero-order valence-electron chi connectivity index (χ0n) is 13.6. The lowest BCUT2D eigenvalue weighted by Gasteiger charge is -2.31. The van der Waals surface area contributed by atoms with E-state index in [0.29, 0.717) is 24.2 Å².